The van der Waals surface area contributed by atoms with Gasteiger partial charge in [-0.1, -0.05) is 11.6 Å². The summed E-state index contributed by atoms with van der Waals surface area (Å²) in [5.41, 5.74) is 10.1. The molecule has 0 bridgehead atoms. The van der Waals surface area contributed by atoms with E-state index in [1.54, 1.807) is 6.92 Å². The van der Waals surface area contributed by atoms with Crippen molar-refractivity contribution in [1.82, 2.24) is 25.6 Å². The highest BCUT2D eigenvalue weighted by Crippen LogP contribution is 2.40. The number of carbonyl (C=O) groups excluding carboxylic acids is 2. The first kappa shape index (κ1) is 21.1. The molecule has 0 radical (unpaired) electrons. The van der Waals surface area contributed by atoms with Crippen molar-refractivity contribution in [1.29, 1.82) is 0 Å². The molecule has 30 heavy (non-hydrogen) atoms. The van der Waals surface area contributed by atoms with E-state index >= 15 is 0 Å². The van der Waals surface area contributed by atoms with E-state index in [4.69, 9.17) is 22.1 Å². The summed E-state index contributed by atoms with van der Waals surface area (Å²) in [7, 11) is 2.05. The largest absolute Gasteiger partial charge is 0.466 e. The van der Waals surface area contributed by atoms with Gasteiger partial charge in [0.25, 0.3) is 11.8 Å². The van der Waals surface area contributed by atoms with Crippen molar-refractivity contribution in [2.45, 2.75) is 25.8 Å². The second-order valence-corrected chi connectivity index (χ2v) is 9.12. The number of nitrogen functional groups attached to an aromatic ring is 1. The van der Waals surface area contributed by atoms with Crippen molar-refractivity contribution < 1.29 is 14.3 Å². The van der Waals surface area contributed by atoms with Crippen LogP contribution in [0, 0.1) is 6.92 Å². The molecule has 2 aromatic rings. The molecule has 9 nitrogen and oxygen atoms in total. The van der Waals surface area contributed by atoms with Gasteiger partial charge in [0.15, 0.2) is 6.61 Å². The molecule has 0 atom stereocenters. The summed E-state index contributed by atoms with van der Waals surface area (Å²) >= 11 is 7.63. The first-order valence-electron chi connectivity index (χ1n) is 9.88. The molecule has 11 heteroatoms. The lowest BCUT2D eigenvalue weighted by Crippen LogP contribution is -2.53. The number of anilines is 1. The lowest BCUT2D eigenvalue weighted by Gasteiger charge is -2.32. The molecule has 1 aliphatic heterocycles. The number of nitrogens with zero attached hydrogens (tertiary/aromatic N) is 3. The normalized spacial score (nSPS) is 17.8. The molecule has 4 rings (SSSR count). The number of hydrogen-bond donors (Lipinski definition) is 3. The highest BCUT2D eigenvalue weighted by Gasteiger charge is 2.28. The summed E-state index contributed by atoms with van der Waals surface area (Å²) in [6, 6.07) is 0.234. The number of aromatic nitrogens is 1. The summed E-state index contributed by atoms with van der Waals surface area (Å²) in [6.07, 6.45) is 1.99. The number of aryl methyl sites for hydroxylation is 1. The molecule has 0 unspecified atom stereocenters. The van der Waals surface area contributed by atoms with Gasteiger partial charge in [-0.3, -0.25) is 15.0 Å². The second kappa shape index (κ2) is 8.54. The van der Waals surface area contributed by atoms with Crippen LogP contribution >= 0.6 is 22.9 Å². The molecule has 1 aliphatic carbocycles. The molecule has 0 aromatic carbocycles. The van der Waals surface area contributed by atoms with Crippen molar-refractivity contribution in [3.8, 4) is 5.88 Å². The Kier molecular flexibility index (Phi) is 6.01. The SMILES string of the molecule is Cc1c(Cl)c(OCC(=O)NN2CCN(C)CC2)nc2sc(C(=O)NC3CC3)c(N)c12. The third kappa shape index (κ3) is 4.46. The van der Waals surface area contributed by atoms with Crippen LogP contribution in [0.15, 0.2) is 0 Å². The van der Waals surface area contributed by atoms with E-state index in [1.165, 1.54) is 11.3 Å². The first-order chi connectivity index (χ1) is 14.3. The van der Waals surface area contributed by atoms with Crippen molar-refractivity contribution in [2.24, 2.45) is 0 Å². The summed E-state index contributed by atoms with van der Waals surface area (Å²) in [4.78, 5) is 32.3. The molecule has 1 saturated carbocycles. The molecule has 3 heterocycles. The van der Waals surface area contributed by atoms with E-state index < -0.39 is 0 Å². The molecule has 0 spiro atoms. The third-order valence-corrected chi connectivity index (χ3v) is 6.81. The van der Waals surface area contributed by atoms with Gasteiger partial charge in [0, 0.05) is 37.6 Å². The Bertz CT molecular complexity index is 985. The average molecular weight is 453 g/mol. The van der Waals surface area contributed by atoms with E-state index in [0.29, 0.717) is 26.3 Å². The van der Waals surface area contributed by atoms with Gasteiger partial charge in [-0.05, 0) is 32.4 Å². The number of hydrogen-bond acceptors (Lipinski definition) is 8. The number of thiophene rings is 1. The maximum atomic E-state index is 12.5. The van der Waals surface area contributed by atoms with E-state index in [1.807, 2.05) is 12.1 Å². The number of likely N-dealkylation sites (N-methyl/N-ethyl adjacent to an activating group) is 1. The van der Waals surface area contributed by atoms with Gasteiger partial charge in [-0.2, -0.15) is 0 Å². The fourth-order valence-corrected chi connectivity index (χ4v) is 4.53. The molecule has 162 valence electrons. The number of nitrogens with one attached hydrogen (secondary N) is 2. The van der Waals surface area contributed by atoms with Crippen LogP contribution in [0.2, 0.25) is 5.02 Å². The number of piperazine rings is 1. The van der Waals surface area contributed by atoms with Gasteiger partial charge in [0.05, 0.1) is 5.69 Å². The average Bonchev–Trinajstić information content (AvgIpc) is 3.46. The van der Waals surface area contributed by atoms with Gasteiger partial charge in [-0.25, -0.2) is 9.99 Å². The molecular weight excluding hydrogens is 428 g/mol. The molecular formula is C19H25ClN6O3S. The Morgan fingerprint density at radius 3 is 2.67 bits per heavy atom. The zero-order valence-electron chi connectivity index (χ0n) is 17.0. The predicted octanol–water partition coefficient (Wildman–Crippen LogP) is 1.39. The Labute approximate surface area is 183 Å². The Morgan fingerprint density at radius 1 is 1.30 bits per heavy atom. The van der Waals surface area contributed by atoms with Crippen LogP contribution in [0.25, 0.3) is 10.2 Å². The van der Waals surface area contributed by atoms with Crippen LogP contribution in [0.5, 0.6) is 5.88 Å². The smallest absolute Gasteiger partial charge is 0.272 e. The van der Waals surface area contributed by atoms with Crippen LogP contribution in [0.3, 0.4) is 0 Å². The monoisotopic (exact) mass is 452 g/mol. The fourth-order valence-electron chi connectivity index (χ4n) is 3.29. The van der Waals surface area contributed by atoms with Gasteiger partial charge < -0.3 is 20.7 Å². The quantitative estimate of drug-likeness (QED) is 0.607. The van der Waals surface area contributed by atoms with E-state index in [0.717, 1.165) is 39.0 Å². The minimum Gasteiger partial charge on any atom is -0.466 e. The van der Waals surface area contributed by atoms with Gasteiger partial charge in [0.2, 0.25) is 5.88 Å². The third-order valence-electron chi connectivity index (χ3n) is 5.27. The molecule has 2 fully saturated rings. The number of halogens is 1. The van der Waals surface area contributed by atoms with Crippen LogP contribution < -0.4 is 21.2 Å². The number of amides is 2. The second-order valence-electron chi connectivity index (χ2n) is 7.74. The van der Waals surface area contributed by atoms with Gasteiger partial charge >= 0.3 is 0 Å². The molecule has 2 amide bonds. The molecule has 2 aliphatic rings. The maximum Gasteiger partial charge on any atom is 0.272 e. The van der Waals surface area contributed by atoms with Crippen molar-refractivity contribution in [2.75, 3.05) is 45.6 Å². The summed E-state index contributed by atoms with van der Waals surface area (Å²) in [5, 5.41) is 5.75. The summed E-state index contributed by atoms with van der Waals surface area (Å²) < 4.78 is 5.61. The van der Waals surface area contributed by atoms with Gasteiger partial charge in [0.1, 0.15) is 14.7 Å². The number of rotatable bonds is 6. The number of carbonyl (C=O) groups is 2. The lowest BCUT2D eigenvalue weighted by molar-refractivity contribution is -0.128. The number of fused-ring (bicyclic) bond motifs is 1. The lowest BCUT2D eigenvalue weighted by atomic mass is 10.1. The van der Waals surface area contributed by atoms with Gasteiger partial charge in [-0.15, -0.1) is 11.3 Å². The summed E-state index contributed by atoms with van der Waals surface area (Å²) in [5.74, 6) is -0.307. The zero-order chi connectivity index (χ0) is 21.4. The Hall–Kier alpha value is -2.14. The standard InChI is InChI=1S/C19H25ClN6O3S/c1-10-13-15(21)16(17(28)22-11-3-4-11)30-19(13)23-18(14(10)20)29-9-12(27)24-26-7-5-25(2)6-8-26/h11H,3-9,21H2,1-2H3,(H,22,28)(H,24,27). The van der Waals surface area contributed by atoms with Crippen molar-refractivity contribution in [3.63, 3.8) is 0 Å². The highest BCUT2D eigenvalue weighted by atomic mass is 35.5. The minimum atomic E-state index is -0.273. The fraction of sp³-hybridized carbons (Fsp3) is 0.526. The summed E-state index contributed by atoms with van der Waals surface area (Å²) in [6.45, 7) is 4.88. The minimum absolute atomic E-state index is 0.158. The zero-order valence-corrected chi connectivity index (χ0v) is 18.5. The van der Waals surface area contributed by atoms with E-state index in [9.17, 15) is 9.59 Å². The number of nitrogens with two attached hydrogens (primary N) is 1. The number of ether oxygens (including phenoxy) is 1. The highest BCUT2D eigenvalue weighted by molar-refractivity contribution is 7.21. The van der Waals surface area contributed by atoms with E-state index in [-0.39, 0.29) is 35.4 Å². The van der Waals surface area contributed by atoms with Crippen molar-refractivity contribution >= 4 is 50.7 Å². The van der Waals surface area contributed by atoms with Crippen LogP contribution in [0.4, 0.5) is 5.69 Å². The Balaban J connectivity index is 1.46. The first-order valence-corrected chi connectivity index (χ1v) is 11.1. The maximum absolute atomic E-state index is 12.5. The van der Waals surface area contributed by atoms with Crippen LogP contribution in [-0.2, 0) is 4.79 Å². The predicted molar refractivity (Wildman–Crippen MR) is 117 cm³/mol. The molecule has 2 aromatic heterocycles. The number of pyridine rings is 1. The van der Waals surface area contributed by atoms with Crippen LogP contribution in [0.1, 0.15) is 28.1 Å². The molecule has 1 saturated heterocycles. The van der Waals surface area contributed by atoms with E-state index in [2.05, 4.69) is 20.6 Å². The van der Waals surface area contributed by atoms with Crippen LogP contribution in [-0.4, -0.2) is 72.6 Å². The topological polar surface area (TPSA) is 113 Å². The Morgan fingerprint density at radius 2 is 2.00 bits per heavy atom. The van der Waals surface area contributed by atoms with Crippen molar-refractivity contribution in [3.05, 3.63) is 15.5 Å². The molecule has 4 N–H and O–H groups in total. The number of hydrazine groups is 1.